The third-order valence-corrected chi connectivity index (χ3v) is 7.09. The Labute approximate surface area is 125 Å². The largest absolute Gasteiger partial charge is 0.309 e. The summed E-state index contributed by atoms with van der Waals surface area (Å²) in [7, 11) is 0. The molecule has 0 radical (unpaired) electrons. The second-order valence-corrected chi connectivity index (χ2v) is 8.13. The number of halogens is 2. The summed E-state index contributed by atoms with van der Waals surface area (Å²) in [4.78, 5) is 1.46. The topological polar surface area (TPSA) is 12.0 Å². The number of rotatable bonds is 4. The summed E-state index contributed by atoms with van der Waals surface area (Å²) in [6, 6.07) is 2.80. The van der Waals surface area contributed by atoms with E-state index in [9.17, 15) is 0 Å². The van der Waals surface area contributed by atoms with Crippen LogP contribution in [0.1, 0.15) is 44.0 Å². The molecular formula is C13H19Br2NS. The van der Waals surface area contributed by atoms with Gasteiger partial charge in [0.15, 0.2) is 0 Å². The third kappa shape index (κ3) is 3.14. The standard InChI is InChI=1S/C13H19Br2NS/c1-3-16-12(9-6-4-5-8(9)2)11-7-10(14)13(15)17-11/h7-9,12,16H,3-6H2,1-2H3. The van der Waals surface area contributed by atoms with Gasteiger partial charge in [-0.1, -0.05) is 26.7 Å². The van der Waals surface area contributed by atoms with Gasteiger partial charge in [0.1, 0.15) is 0 Å². The van der Waals surface area contributed by atoms with Crippen LogP contribution < -0.4 is 5.32 Å². The van der Waals surface area contributed by atoms with E-state index in [-0.39, 0.29) is 0 Å². The van der Waals surface area contributed by atoms with Crippen LogP contribution in [0.25, 0.3) is 0 Å². The van der Waals surface area contributed by atoms with Crippen molar-refractivity contribution in [3.63, 3.8) is 0 Å². The summed E-state index contributed by atoms with van der Waals surface area (Å²) in [6.07, 6.45) is 4.15. The summed E-state index contributed by atoms with van der Waals surface area (Å²) in [5.41, 5.74) is 0. The average molecular weight is 381 g/mol. The van der Waals surface area contributed by atoms with E-state index in [0.717, 1.165) is 18.4 Å². The fraction of sp³-hybridized carbons (Fsp3) is 0.692. The van der Waals surface area contributed by atoms with Crippen LogP contribution in [0.4, 0.5) is 0 Å². The Morgan fingerprint density at radius 2 is 2.24 bits per heavy atom. The summed E-state index contributed by atoms with van der Waals surface area (Å²) in [5.74, 6) is 1.64. The highest BCUT2D eigenvalue weighted by atomic mass is 79.9. The molecule has 3 atom stereocenters. The molecule has 0 bridgehead atoms. The van der Waals surface area contributed by atoms with Gasteiger partial charge < -0.3 is 5.32 Å². The Morgan fingerprint density at radius 3 is 2.71 bits per heavy atom. The predicted octanol–water partition coefficient (Wildman–Crippen LogP) is 5.36. The smallest absolute Gasteiger partial charge is 0.0843 e. The van der Waals surface area contributed by atoms with Gasteiger partial charge in [0.2, 0.25) is 0 Å². The molecule has 3 unspecified atom stereocenters. The number of nitrogens with one attached hydrogen (secondary N) is 1. The molecule has 1 aliphatic rings. The van der Waals surface area contributed by atoms with Crippen molar-refractivity contribution in [2.75, 3.05) is 6.54 Å². The molecule has 96 valence electrons. The van der Waals surface area contributed by atoms with Gasteiger partial charge >= 0.3 is 0 Å². The Bertz CT molecular complexity index is 358. The lowest BCUT2D eigenvalue weighted by molar-refractivity contribution is 0.309. The van der Waals surface area contributed by atoms with E-state index in [1.54, 1.807) is 0 Å². The van der Waals surface area contributed by atoms with Crippen molar-refractivity contribution in [1.82, 2.24) is 5.32 Å². The maximum Gasteiger partial charge on any atom is 0.0843 e. The van der Waals surface area contributed by atoms with Gasteiger partial charge in [0, 0.05) is 15.4 Å². The Kier molecular flexibility index (Phi) is 5.10. The van der Waals surface area contributed by atoms with Crippen molar-refractivity contribution >= 4 is 43.2 Å². The molecule has 1 N–H and O–H groups in total. The van der Waals surface area contributed by atoms with Crippen LogP contribution >= 0.6 is 43.2 Å². The summed E-state index contributed by atoms with van der Waals surface area (Å²) >= 11 is 9.06. The second kappa shape index (κ2) is 6.18. The third-order valence-electron chi connectivity index (χ3n) is 3.75. The fourth-order valence-corrected chi connectivity index (χ4v) is 5.11. The molecule has 1 heterocycles. The van der Waals surface area contributed by atoms with Gasteiger partial charge in [-0.2, -0.15) is 0 Å². The van der Waals surface area contributed by atoms with E-state index in [1.807, 2.05) is 11.3 Å². The molecule has 4 heteroatoms. The zero-order chi connectivity index (χ0) is 12.4. The van der Waals surface area contributed by atoms with E-state index in [2.05, 4.69) is 57.1 Å². The molecule has 0 saturated heterocycles. The van der Waals surface area contributed by atoms with Crippen molar-refractivity contribution in [1.29, 1.82) is 0 Å². The lowest BCUT2D eigenvalue weighted by atomic mass is 9.89. The monoisotopic (exact) mass is 379 g/mol. The SMILES string of the molecule is CCNC(c1cc(Br)c(Br)s1)C1CCCC1C. The second-order valence-electron chi connectivity index (χ2n) is 4.88. The summed E-state index contributed by atoms with van der Waals surface area (Å²) in [5, 5.41) is 3.68. The quantitative estimate of drug-likeness (QED) is 0.741. The lowest BCUT2D eigenvalue weighted by Crippen LogP contribution is -2.28. The number of hydrogen-bond acceptors (Lipinski definition) is 2. The lowest BCUT2D eigenvalue weighted by Gasteiger charge is -2.26. The van der Waals surface area contributed by atoms with Gasteiger partial charge in [-0.25, -0.2) is 0 Å². The highest BCUT2D eigenvalue weighted by molar-refractivity contribution is 9.13. The molecule has 0 amide bonds. The van der Waals surface area contributed by atoms with Crippen LogP contribution in [0.3, 0.4) is 0 Å². The van der Waals surface area contributed by atoms with Crippen molar-refractivity contribution in [2.45, 2.75) is 39.2 Å². The molecule has 1 fully saturated rings. The van der Waals surface area contributed by atoms with Gasteiger partial charge in [-0.15, -0.1) is 11.3 Å². The van der Waals surface area contributed by atoms with Gasteiger partial charge in [-0.3, -0.25) is 0 Å². The average Bonchev–Trinajstić information content (AvgIpc) is 2.83. The van der Waals surface area contributed by atoms with Crippen LogP contribution in [-0.2, 0) is 0 Å². The van der Waals surface area contributed by atoms with Crippen LogP contribution in [0.15, 0.2) is 14.3 Å². The molecule has 0 aliphatic heterocycles. The van der Waals surface area contributed by atoms with Crippen molar-refractivity contribution in [3.8, 4) is 0 Å². The molecule has 1 nitrogen and oxygen atoms in total. The molecule has 1 aromatic rings. The first kappa shape index (κ1) is 14.0. The minimum Gasteiger partial charge on any atom is -0.309 e. The Morgan fingerprint density at radius 1 is 1.47 bits per heavy atom. The number of thiophene rings is 1. The molecule has 1 aromatic heterocycles. The maximum absolute atomic E-state index is 3.68. The maximum atomic E-state index is 3.68. The van der Waals surface area contributed by atoms with E-state index in [4.69, 9.17) is 0 Å². The van der Waals surface area contributed by atoms with Crippen molar-refractivity contribution in [2.24, 2.45) is 11.8 Å². The highest BCUT2D eigenvalue weighted by Crippen LogP contribution is 2.44. The fourth-order valence-electron chi connectivity index (χ4n) is 2.87. The van der Waals surface area contributed by atoms with E-state index in [0.29, 0.717) is 6.04 Å². The van der Waals surface area contributed by atoms with Crippen LogP contribution in [-0.4, -0.2) is 6.54 Å². The minimum absolute atomic E-state index is 0.532. The Hall–Kier alpha value is 0.620. The zero-order valence-electron chi connectivity index (χ0n) is 10.3. The first-order chi connectivity index (χ1) is 8.13. The molecule has 1 saturated carbocycles. The van der Waals surface area contributed by atoms with E-state index < -0.39 is 0 Å². The van der Waals surface area contributed by atoms with Gasteiger partial charge in [0.05, 0.1) is 3.79 Å². The Balaban J connectivity index is 2.21. The zero-order valence-corrected chi connectivity index (χ0v) is 14.3. The minimum atomic E-state index is 0.532. The first-order valence-electron chi connectivity index (χ1n) is 6.31. The molecule has 0 spiro atoms. The molecular weight excluding hydrogens is 362 g/mol. The summed E-state index contributed by atoms with van der Waals surface area (Å²) in [6.45, 7) is 5.64. The van der Waals surface area contributed by atoms with E-state index >= 15 is 0 Å². The van der Waals surface area contributed by atoms with Crippen LogP contribution in [0.2, 0.25) is 0 Å². The van der Waals surface area contributed by atoms with Crippen LogP contribution in [0, 0.1) is 11.8 Å². The molecule has 17 heavy (non-hydrogen) atoms. The molecule has 0 aromatic carbocycles. The normalized spacial score (nSPS) is 26.4. The first-order valence-corrected chi connectivity index (χ1v) is 8.71. The summed E-state index contributed by atoms with van der Waals surface area (Å²) < 4.78 is 2.40. The molecule has 2 rings (SSSR count). The molecule has 1 aliphatic carbocycles. The highest BCUT2D eigenvalue weighted by Gasteiger charge is 2.32. The van der Waals surface area contributed by atoms with Crippen LogP contribution in [0.5, 0.6) is 0 Å². The van der Waals surface area contributed by atoms with E-state index in [1.165, 1.54) is 32.4 Å². The van der Waals surface area contributed by atoms with Gasteiger partial charge in [0.25, 0.3) is 0 Å². The number of hydrogen-bond donors (Lipinski definition) is 1. The predicted molar refractivity (Wildman–Crippen MR) is 82.6 cm³/mol. The van der Waals surface area contributed by atoms with Gasteiger partial charge in [-0.05, 0) is 62.7 Å². The van der Waals surface area contributed by atoms with Crippen molar-refractivity contribution in [3.05, 3.63) is 19.2 Å². The van der Waals surface area contributed by atoms with Crippen molar-refractivity contribution < 1.29 is 0 Å².